The van der Waals surface area contributed by atoms with Gasteiger partial charge in [0, 0.05) is 11.6 Å². The fourth-order valence-electron chi connectivity index (χ4n) is 2.04. The molecule has 0 bridgehead atoms. The maximum Gasteiger partial charge on any atom is 0.221 e. The lowest BCUT2D eigenvalue weighted by atomic mass is 10.2. The Balaban J connectivity index is 1.90. The molecule has 104 valence electrons. The summed E-state index contributed by atoms with van der Waals surface area (Å²) in [7, 11) is 1.57. The average molecular weight is 279 g/mol. The van der Waals surface area contributed by atoms with Crippen molar-refractivity contribution < 1.29 is 13.9 Å². The average Bonchev–Trinajstić information content (AvgIpc) is 2.97. The van der Waals surface area contributed by atoms with Crippen LogP contribution in [0.2, 0.25) is 0 Å². The Labute approximate surface area is 121 Å². The molecule has 3 rings (SSSR count). The van der Waals surface area contributed by atoms with Crippen LogP contribution in [0.5, 0.6) is 5.75 Å². The van der Waals surface area contributed by atoms with Gasteiger partial charge in [0.1, 0.15) is 0 Å². The standard InChI is InChI=1S/C17H13NO3/c1-20-15-7-4-5-12-11-16(21-17(12)15)14(19)9-8-13-6-2-3-10-18-13/h2-11H,1H3. The van der Waals surface area contributed by atoms with Crippen molar-refractivity contribution in [2.24, 2.45) is 0 Å². The first-order chi connectivity index (χ1) is 10.3. The molecular weight excluding hydrogens is 266 g/mol. The van der Waals surface area contributed by atoms with Crippen LogP contribution in [0.4, 0.5) is 0 Å². The van der Waals surface area contributed by atoms with Crippen molar-refractivity contribution in [1.29, 1.82) is 0 Å². The van der Waals surface area contributed by atoms with E-state index < -0.39 is 0 Å². The number of para-hydroxylation sites is 1. The number of furan rings is 1. The molecule has 4 heteroatoms. The first-order valence-electron chi connectivity index (χ1n) is 6.48. The van der Waals surface area contributed by atoms with Gasteiger partial charge in [-0.25, -0.2) is 0 Å². The fraction of sp³-hybridized carbons (Fsp3) is 0.0588. The van der Waals surface area contributed by atoms with Crippen LogP contribution in [-0.2, 0) is 0 Å². The minimum absolute atomic E-state index is 0.209. The minimum Gasteiger partial charge on any atom is -0.493 e. The highest BCUT2D eigenvalue weighted by Gasteiger charge is 2.12. The van der Waals surface area contributed by atoms with E-state index in [-0.39, 0.29) is 11.5 Å². The third-order valence-corrected chi connectivity index (χ3v) is 3.06. The molecule has 0 aliphatic carbocycles. The first-order valence-corrected chi connectivity index (χ1v) is 6.48. The number of nitrogens with zero attached hydrogens (tertiary/aromatic N) is 1. The van der Waals surface area contributed by atoms with Crippen molar-refractivity contribution in [3.8, 4) is 5.75 Å². The van der Waals surface area contributed by atoms with Crippen molar-refractivity contribution in [3.05, 3.63) is 66.2 Å². The molecule has 0 N–H and O–H groups in total. The number of aromatic nitrogens is 1. The zero-order chi connectivity index (χ0) is 14.7. The number of ketones is 1. The minimum atomic E-state index is -0.209. The number of rotatable bonds is 4. The van der Waals surface area contributed by atoms with Gasteiger partial charge in [-0.05, 0) is 36.4 Å². The topological polar surface area (TPSA) is 52.3 Å². The molecule has 0 aliphatic heterocycles. The van der Waals surface area contributed by atoms with Gasteiger partial charge >= 0.3 is 0 Å². The summed E-state index contributed by atoms with van der Waals surface area (Å²) in [5.41, 5.74) is 1.30. The van der Waals surface area contributed by atoms with Gasteiger partial charge in [0.05, 0.1) is 12.8 Å². The zero-order valence-corrected chi connectivity index (χ0v) is 11.4. The highest BCUT2D eigenvalue weighted by atomic mass is 16.5. The lowest BCUT2D eigenvalue weighted by Crippen LogP contribution is -1.90. The highest BCUT2D eigenvalue weighted by molar-refractivity contribution is 6.07. The Morgan fingerprint density at radius 2 is 2.14 bits per heavy atom. The van der Waals surface area contributed by atoms with Crippen LogP contribution in [-0.4, -0.2) is 17.9 Å². The van der Waals surface area contributed by atoms with Gasteiger partial charge in [-0.3, -0.25) is 9.78 Å². The summed E-state index contributed by atoms with van der Waals surface area (Å²) in [6.45, 7) is 0. The van der Waals surface area contributed by atoms with E-state index in [9.17, 15) is 4.79 Å². The van der Waals surface area contributed by atoms with Crippen LogP contribution >= 0.6 is 0 Å². The number of hydrogen-bond donors (Lipinski definition) is 0. The Morgan fingerprint density at radius 1 is 1.24 bits per heavy atom. The van der Waals surface area contributed by atoms with E-state index in [0.717, 1.165) is 11.1 Å². The van der Waals surface area contributed by atoms with Crippen molar-refractivity contribution >= 4 is 22.8 Å². The second-order valence-corrected chi connectivity index (χ2v) is 4.44. The summed E-state index contributed by atoms with van der Waals surface area (Å²) in [5, 5.41) is 0.837. The van der Waals surface area contributed by atoms with Gasteiger partial charge in [0.25, 0.3) is 0 Å². The predicted molar refractivity (Wildman–Crippen MR) is 80.4 cm³/mol. The molecule has 0 radical (unpaired) electrons. The molecule has 0 atom stereocenters. The van der Waals surface area contributed by atoms with Crippen molar-refractivity contribution in [2.75, 3.05) is 7.11 Å². The van der Waals surface area contributed by atoms with Gasteiger partial charge in [0.15, 0.2) is 17.1 Å². The molecule has 0 spiro atoms. The third-order valence-electron chi connectivity index (χ3n) is 3.06. The quantitative estimate of drug-likeness (QED) is 0.539. The summed E-state index contributed by atoms with van der Waals surface area (Å²) >= 11 is 0. The van der Waals surface area contributed by atoms with Gasteiger partial charge in [0.2, 0.25) is 5.78 Å². The van der Waals surface area contributed by atoms with Crippen molar-refractivity contribution in [3.63, 3.8) is 0 Å². The molecule has 2 aromatic heterocycles. The molecule has 0 saturated carbocycles. The Bertz CT molecular complexity index is 803. The lowest BCUT2D eigenvalue weighted by Gasteiger charge is -1.98. The normalized spacial score (nSPS) is 11.1. The highest BCUT2D eigenvalue weighted by Crippen LogP contribution is 2.28. The maximum absolute atomic E-state index is 12.1. The van der Waals surface area contributed by atoms with Crippen LogP contribution in [0.3, 0.4) is 0 Å². The number of methoxy groups -OCH3 is 1. The summed E-state index contributed by atoms with van der Waals surface area (Å²) < 4.78 is 10.8. The lowest BCUT2D eigenvalue weighted by molar-refractivity contribution is 0.102. The number of carbonyl (C=O) groups excluding carboxylic acids is 1. The summed E-state index contributed by atoms with van der Waals surface area (Å²) in [6, 6.07) is 12.8. The molecule has 0 saturated heterocycles. The zero-order valence-electron chi connectivity index (χ0n) is 11.4. The monoisotopic (exact) mass is 279 g/mol. The second kappa shape index (κ2) is 5.63. The van der Waals surface area contributed by atoms with Crippen LogP contribution in [0.25, 0.3) is 17.0 Å². The van der Waals surface area contributed by atoms with Gasteiger partial charge in [-0.1, -0.05) is 18.2 Å². The van der Waals surface area contributed by atoms with E-state index in [1.54, 1.807) is 31.5 Å². The first kappa shape index (κ1) is 13.1. The molecule has 0 unspecified atom stereocenters. The Morgan fingerprint density at radius 3 is 2.90 bits per heavy atom. The SMILES string of the molecule is COc1cccc2cc(C(=O)C=Cc3ccccn3)oc12. The van der Waals surface area contributed by atoms with Crippen molar-refractivity contribution in [2.45, 2.75) is 0 Å². The molecule has 3 aromatic rings. The van der Waals surface area contributed by atoms with Gasteiger partial charge in [-0.2, -0.15) is 0 Å². The van der Waals surface area contributed by atoms with Crippen LogP contribution in [0.1, 0.15) is 16.2 Å². The fourth-order valence-corrected chi connectivity index (χ4v) is 2.04. The number of allylic oxidation sites excluding steroid dienone is 1. The molecular formula is C17H13NO3. The molecule has 0 fully saturated rings. The number of carbonyl (C=O) groups is 1. The van der Waals surface area contributed by atoms with E-state index in [1.165, 1.54) is 6.08 Å². The molecule has 1 aromatic carbocycles. The van der Waals surface area contributed by atoms with E-state index in [4.69, 9.17) is 9.15 Å². The van der Waals surface area contributed by atoms with Crippen LogP contribution in [0.15, 0.2) is 59.2 Å². The number of benzene rings is 1. The number of fused-ring (bicyclic) bond motifs is 1. The summed E-state index contributed by atoms with van der Waals surface area (Å²) in [4.78, 5) is 16.3. The Hall–Kier alpha value is -2.88. The van der Waals surface area contributed by atoms with E-state index in [0.29, 0.717) is 11.3 Å². The second-order valence-electron chi connectivity index (χ2n) is 4.44. The summed E-state index contributed by atoms with van der Waals surface area (Å²) in [5.74, 6) is 0.681. The van der Waals surface area contributed by atoms with E-state index in [2.05, 4.69) is 4.98 Å². The van der Waals surface area contributed by atoms with Crippen LogP contribution in [0, 0.1) is 0 Å². The third kappa shape index (κ3) is 2.69. The molecule has 21 heavy (non-hydrogen) atoms. The molecule has 2 heterocycles. The van der Waals surface area contributed by atoms with Gasteiger partial charge < -0.3 is 9.15 Å². The molecule has 0 aliphatic rings. The van der Waals surface area contributed by atoms with Gasteiger partial charge in [-0.15, -0.1) is 0 Å². The molecule has 4 nitrogen and oxygen atoms in total. The van der Waals surface area contributed by atoms with E-state index in [1.807, 2.05) is 30.3 Å². The molecule has 0 amide bonds. The maximum atomic E-state index is 12.1. The van der Waals surface area contributed by atoms with Crippen LogP contribution < -0.4 is 4.74 Å². The number of pyridine rings is 1. The number of ether oxygens (including phenoxy) is 1. The van der Waals surface area contributed by atoms with Crippen molar-refractivity contribution in [1.82, 2.24) is 4.98 Å². The van der Waals surface area contributed by atoms with E-state index >= 15 is 0 Å². The number of hydrogen-bond acceptors (Lipinski definition) is 4. The Kier molecular flexibility index (Phi) is 3.51. The summed E-state index contributed by atoms with van der Waals surface area (Å²) in [6.07, 6.45) is 4.79. The largest absolute Gasteiger partial charge is 0.493 e. The predicted octanol–water partition coefficient (Wildman–Crippen LogP) is 3.73. The smallest absolute Gasteiger partial charge is 0.221 e.